The SMILES string of the molecule is O=C(c1ncc(C2OCCO2)s1)N1CCc2c(Br)cccc21. The Morgan fingerprint density at radius 3 is 3.00 bits per heavy atom. The van der Waals surface area contributed by atoms with E-state index in [1.54, 1.807) is 11.1 Å². The predicted octanol–water partition coefficient (Wildman–Crippen LogP) is 3.15. The molecule has 0 unspecified atom stereocenters. The molecule has 2 aromatic rings. The molecule has 0 bridgehead atoms. The first kappa shape index (κ1) is 14.3. The van der Waals surface area contributed by atoms with Gasteiger partial charge >= 0.3 is 0 Å². The minimum absolute atomic E-state index is 0.0638. The number of fused-ring (bicyclic) bond motifs is 1. The Hall–Kier alpha value is -1.28. The molecular formula is C15H13BrN2O3S. The number of ether oxygens (including phenoxy) is 2. The van der Waals surface area contributed by atoms with Gasteiger partial charge in [0.2, 0.25) is 0 Å². The van der Waals surface area contributed by atoms with Crippen LogP contribution in [0.25, 0.3) is 0 Å². The molecule has 1 amide bonds. The second-order valence-corrected chi connectivity index (χ2v) is 7.00. The number of anilines is 1. The maximum Gasteiger partial charge on any atom is 0.287 e. The fraction of sp³-hybridized carbons (Fsp3) is 0.333. The number of amides is 1. The molecular weight excluding hydrogens is 368 g/mol. The molecule has 4 rings (SSSR count). The Kier molecular flexibility index (Phi) is 3.73. The van der Waals surface area contributed by atoms with Crippen molar-refractivity contribution in [3.63, 3.8) is 0 Å². The molecule has 3 heterocycles. The van der Waals surface area contributed by atoms with Crippen LogP contribution >= 0.6 is 27.3 Å². The molecule has 0 atom stereocenters. The van der Waals surface area contributed by atoms with Gasteiger partial charge in [-0.2, -0.15) is 0 Å². The van der Waals surface area contributed by atoms with Gasteiger partial charge < -0.3 is 14.4 Å². The first-order valence-corrected chi connectivity index (χ1v) is 8.63. The largest absolute Gasteiger partial charge is 0.345 e. The first-order valence-electron chi connectivity index (χ1n) is 7.02. The normalized spacial score (nSPS) is 18.0. The molecule has 0 aliphatic carbocycles. The quantitative estimate of drug-likeness (QED) is 0.802. The summed E-state index contributed by atoms with van der Waals surface area (Å²) in [6.45, 7) is 1.85. The van der Waals surface area contributed by atoms with Crippen molar-refractivity contribution in [1.82, 2.24) is 4.98 Å². The molecule has 114 valence electrons. The molecule has 1 fully saturated rings. The highest BCUT2D eigenvalue weighted by Crippen LogP contribution is 2.35. The molecule has 0 saturated carbocycles. The lowest BCUT2D eigenvalue weighted by Crippen LogP contribution is -2.28. The lowest BCUT2D eigenvalue weighted by Gasteiger charge is -2.15. The molecule has 2 aliphatic heterocycles. The minimum Gasteiger partial charge on any atom is -0.345 e. The average molecular weight is 381 g/mol. The molecule has 7 heteroatoms. The summed E-state index contributed by atoms with van der Waals surface area (Å²) >= 11 is 4.88. The minimum atomic E-state index is -0.376. The summed E-state index contributed by atoms with van der Waals surface area (Å²) in [5, 5.41) is 0.474. The Morgan fingerprint density at radius 1 is 1.36 bits per heavy atom. The number of hydrogen-bond donors (Lipinski definition) is 0. The number of halogens is 1. The van der Waals surface area contributed by atoms with Gasteiger partial charge in [0, 0.05) is 22.9 Å². The van der Waals surface area contributed by atoms with Crippen molar-refractivity contribution in [2.24, 2.45) is 0 Å². The summed E-state index contributed by atoms with van der Waals surface area (Å²) in [4.78, 5) is 19.6. The lowest BCUT2D eigenvalue weighted by atomic mass is 10.2. The highest BCUT2D eigenvalue weighted by Gasteiger charge is 2.30. The van der Waals surface area contributed by atoms with Gasteiger partial charge in [-0.25, -0.2) is 4.98 Å². The van der Waals surface area contributed by atoms with E-state index in [0.717, 1.165) is 21.5 Å². The van der Waals surface area contributed by atoms with E-state index in [-0.39, 0.29) is 12.2 Å². The Morgan fingerprint density at radius 2 is 2.18 bits per heavy atom. The third kappa shape index (κ3) is 2.38. The number of benzene rings is 1. The number of nitrogens with zero attached hydrogens (tertiary/aromatic N) is 2. The smallest absolute Gasteiger partial charge is 0.287 e. The van der Waals surface area contributed by atoms with Crippen molar-refractivity contribution >= 4 is 38.9 Å². The van der Waals surface area contributed by atoms with E-state index in [1.165, 1.54) is 16.9 Å². The number of thiazole rings is 1. The van der Waals surface area contributed by atoms with E-state index in [2.05, 4.69) is 20.9 Å². The van der Waals surface area contributed by atoms with E-state index in [9.17, 15) is 4.79 Å². The summed E-state index contributed by atoms with van der Waals surface area (Å²) in [5.74, 6) is -0.0638. The van der Waals surface area contributed by atoms with Crippen molar-refractivity contribution in [3.05, 3.63) is 44.3 Å². The van der Waals surface area contributed by atoms with Gasteiger partial charge in [0.05, 0.1) is 18.1 Å². The van der Waals surface area contributed by atoms with Crippen LogP contribution in [0.1, 0.15) is 26.5 Å². The fourth-order valence-electron chi connectivity index (χ4n) is 2.74. The van der Waals surface area contributed by atoms with Gasteiger partial charge in [-0.05, 0) is 24.1 Å². The van der Waals surface area contributed by atoms with Gasteiger partial charge in [-0.15, -0.1) is 11.3 Å². The molecule has 5 nitrogen and oxygen atoms in total. The second kappa shape index (κ2) is 5.73. The van der Waals surface area contributed by atoms with Crippen molar-refractivity contribution in [1.29, 1.82) is 0 Å². The van der Waals surface area contributed by atoms with Crippen molar-refractivity contribution in [2.45, 2.75) is 12.7 Å². The Labute approximate surface area is 140 Å². The molecule has 1 aromatic carbocycles. The zero-order valence-electron chi connectivity index (χ0n) is 11.6. The fourth-order valence-corrected chi connectivity index (χ4v) is 4.15. The molecule has 0 spiro atoms. The Bertz CT molecular complexity index is 727. The molecule has 0 N–H and O–H groups in total. The topological polar surface area (TPSA) is 51.7 Å². The predicted molar refractivity (Wildman–Crippen MR) is 86.3 cm³/mol. The molecule has 22 heavy (non-hydrogen) atoms. The zero-order chi connectivity index (χ0) is 15.1. The monoisotopic (exact) mass is 380 g/mol. The van der Waals surface area contributed by atoms with Crippen molar-refractivity contribution < 1.29 is 14.3 Å². The van der Waals surface area contributed by atoms with Gasteiger partial charge in [-0.1, -0.05) is 22.0 Å². The summed E-state index contributed by atoms with van der Waals surface area (Å²) in [6, 6.07) is 5.92. The maximum atomic E-state index is 12.7. The highest BCUT2D eigenvalue weighted by atomic mass is 79.9. The van der Waals surface area contributed by atoms with Crippen molar-refractivity contribution in [2.75, 3.05) is 24.7 Å². The molecule has 2 aliphatic rings. The summed E-state index contributed by atoms with van der Waals surface area (Å²) < 4.78 is 11.9. The summed E-state index contributed by atoms with van der Waals surface area (Å²) in [7, 11) is 0. The third-order valence-corrected chi connectivity index (χ3v) is 5.53. The van der Waals surface area contributed by atoms with Gasteiger partial charge in [0.15, 0.2) is 11.3 Å². The van der Waals surface area contributed by atoms with Gasteiger partial charge in [0.1, 0.15) is 0 Å². The molecule has 1 aromatic heterocycles. The van der Waals surface area contributed by atoms with Crippen LogP contribution in [-0.2, 0) is 15.9 Å². The summed E-state index contributed by atoms with van der Waals surface area (Å²) in [6.07, 6.45) is 2.15. The maximum absolute atomic E-state index is 12.7. The van der Waals surface area contributed by atoms with E-state index in [0.29, 0.717) is 24.8 Å². The van der Waals surface area contributed by atoms with Crippen LogP contribution in [-0.4, -0.2) is 30.6 Å². The standard InChI is InChI=1S/C15H13BrN2O3S/c16-10-2-1-3-11-9(10)4-5-18(11)14(19)13-17-8-12(22-13)15-20-6-7-21-15/h1-3,8,15H,4-7H2. The number of hydrogen-bond acceptors (Lipinski definition) is 5. The van der Waals surface area contributed by atoms with E-state index < -0.39 is 0 Å². The van der Waals surface area contributed by atoms with Crippen LogP contribution in [0.15, 0.2) is 28.9 Å². The van der Waals surface area contributed by atoms with Crippen molar-refractivity contribution in [3.8, 4) is 0 Å². The lowest BCUT2D eigenvalue weighted by molar-refractivity contribution is -0.0414. The first-order chi connectivity index (χ1) is 10.7. The van der Waals surface area contributed by atoms with E-state index in [1.807, 2.05) is 18.2 Å². The highest BCUT2D eigenvalue weighted by molar-refractivity contribution is 9.10. The Balaban J connectivity index is 1.60. The van der Waals surface area contributed by atoms with Crippen LogP contribution < -0.4 is 4.90 Å². The average Bonchev–Trinajstić information content (AvgIpc) is 3.26. The number of carbonyl (C=O) groups excluding carboxylic acids is 1. The third-order valence-electron chi connectivity index (χ3n) is 3.78. The summed E-state index contributed by atoms with van der Waals surface area (Å²) in [5.41, 5.74) is 2.14. The van der Waals surface area contributed by atoms with Crippen LogP contribution in [0.4, 0.5) is 5.69 Å². The van der Waals surface area contributed by atoms with Crippen LogP contribution in [0, 0.1) is 0 Å². The number of carbonyl (C=O) groups is 1. The molecule has 1 saturated heterocycles. The second-order valence-electron chi connectivity index (χ2n) is 5.09. The van der Waals surface area contributed by atoms with Crippen LogP contribution in [0.5, 0.6) is 0 Å². The number of aromatic nitrogens is 1. The van der Waals surface area contributed by atoms with Crippen LogP contribution in [0.2, 0.25) is 0 Å². The van der Waals surface area contributed by atoms with Crippen LogP contribution in [0.3, 0.4) is 0 Å². The number of rotatable bonds is 2. The van der Waals surface area contributed by atoms with Gasteiger partial charge in [-0.3, -0.25) is 4.79 Å². The van der Waals surface area contributed by atoms with E-state index >= 15 is 0 Å². The van der Waals surface area contributed by atoms with E-state index in [4.69, 9.17) is 9.47 Å². The van der Waals surface area contributed by atoms with Gasteiger partial charge in [0.25, 0.3) is 5.91 Å². The zero-order valence-corrected chi connectivity index (χ0v) is 14.0. The molecule has 0 radical (unpaired) electrons.